The van der Waals surface area contributed by atoms with Gasteiger partial charge in [0.1, 0.15) is 12.2 Å². The summed E-state index contributed by atoms with van der Waals surface area (Å²) in [6.07, 6.45) is 5.34. The summed E-state index contributed by atoms with van der Waals surface area (Å²) in [6.45, 7) is 13.4. The van der Waals surface area contributed by atoms with E-state index in [0.717, 1.165) is 56.8 Å². The third-order valence-corrected chi connectivity index (χ3v) is 4.56. The molecule has 7 nitrogen and oxygen atoms in total. The first kappa shape index (κ1) is 22.1. The third-order valence-electron chi connectivity index (χ3n) is 4.56. The van der Waals surface area contributed by atoms with Gasteiger partial charge in [-0.25, -0.2) is 0 Å². The summed E-state index contributed by atoms with van der Waals surface area (Å²) in [5, 5.41) is 14.8. The van der Waals surface area contributed by atoms with E-state index in [1.807, 2.05) is 0 Å². The van der Waals surface area contributed by atoms with Crippen LogP contribution >= 0.6 is 24.0 Å². The summed E-state index contributed by atoms with van der Waals surface area (Å²) in [6, 6.07) is 0. The number of hydrogen-bond acceptors (Lipinski definition) is 4. The lowest BCUT2D eigenvalue weighted by Crippen LogP contribution is -2.40. The van der Waals surface area contributed by atoms with Crippen LogP contribution in [0.5, 0.6) is 0 Å². The van der Waals surface area contributed by atoms with Gasteiger partial charge in [0.25, 0.3) is 0 Å². The molecule has 2 heterocycles. The summed E-state index contributed by atoms with van der Waals surface area (Å²) in [4.78, 5) is 7.23. The quantitative estimate of drug-likeness (QED) is 0.349. The third kappa shape index (κ3) is 7.89. The smallest absolute Gasteiger partial charge is 0.191 e. The lowest BCUT2D eigenvalue weighted by Gasteiger charge is -2.29. The van der Waals surface area contributed by atoms with Crippen molar-refractivity contribution in [2.24, 2.45) is 10.9 Å². The van der Waals surface area contributed by atoms with Crippen LogP contribution in [0.4, 0.5) is 0 Å². The number of aryl methyl sites for hydroxylation is 1. The van der Waals surface area contributed by atoms with Gasteiger partial charge in [-0.1, -0.05) is 13.8 Å². The average molecular weight is 463 g/mol. The maximum atomic E-state index is 4.70. The maximum absolute atomic E-state index is 4.70. The molecule has 0 radical (unpaired) electrons. The van der Waals surface area contributed by atoms with Crippen LogP contribution in [0.25, 0.3) is 0 Å². The Labute approximate surface area is 169 Å². The van der Waals surface area contributed by atoms with Gasteiger partial charge in [0.2, 0.25) is 0 Å². The zero-order valence-electron chi connectivity index (χ0n) is 15.9. The molecule has 144 valence electrons. The summed E-state index contributed by atoms with van der Waals surface area (Å²) < 4.78 is 2.09. The molecule has 1 aromatic heterocycles. The van der Waals surface area contributed by atoms with Crippen LogP contribution in [-0.4, -0.2) is 64.9 Å². The first-order chi connectivity index (χ1) is 11.7. The number of nitrogens with one attached hydrogen (secondary N) is 2. The first-order valence-electron chi connectivity index (χ1n) is 9.34. The number of halogens is 1. The summed E-state index contributed by atoms with van der Waals surface area (Å²) >= 11 is 0. The van der Waals surface area contributed by atoms with Gasteiger partial charge >= 0.3 is 0 Å². The molecule has 0 unspecified atom stereocenters. The Balaban J connectivity index is 0.00000312. The van der Waals surface area contributed by atoms with Crippen LogP contribution in [0.2, 0.25) is 0 Å². The predicted molar refractivity (Wildman–Crippen MR) is 114 cm³/mol. The van der Waals surface area contributed by atoms with Gasteiger partial charge in [-0.15, -0.1) is 34.2 Å². The monoisotopic (exact) mass is 463 g/mol. The molecule has 0 bridgehead atoms. The molecule has 2 rings (SSSR count). The lowest BCUT2D eigenvalue weighted by molar-refractivity contribution is 0.197. The standard InChI is InChI=1S/C17H33N7.HI/c1-4-16-22-21-14-24(16)13-9-20-17(18-5-2)19-8-12-23-10-6-15(3)7-11-23;/h14-15H,4-13H2,1-3H3,(H2,18,19,20);1H. The SMILES string of the molecule is CCNC(=NCCN1CCC(C)CC1)NCCn1cnnc1CC.I. The second-order valence-electron chi connectivity index (χ2n) is 6.51. The minimum atomic E-state index is 0. The number of aromatic nitrogens is 3. The number of piperidine rings is 1. The van der Waals surface area contributed by atoms with Crippen LogP contribution in [0.3, 0.4) is 0 Å². The largest absolute Gasteiger partial charge is 0.357 e. The van der Waals surface area contributed by atoms with Crippen LogP contribution in [0, 0.1) is 5.92 Å². The van der Waals surface area contributed by atoms with Crippen LogP contribution in [0.1, 0.15) is 39.4 Å². The Morgan fingerprint density at radius 3 is 2.68 bits per heavy atom. The van der Waals surface area contributed by atoms with E-state index >= 15 is 0 Å². The molecular weight excluding hydrogens is 429 g/mol. The number of rotatable bonds is 8. The highest BCUT2D eigenvalue weighted by molar-refractivity contribution is 14.0. The molecule has 1 aliphatic heterocycles. The second kappa shape index (κ2) is 12.5. The van der Waals surface area contributed by atoms with Crippen molar-refractivity contribution in [3.8, 4) is 0 Å². The van der Waals surface area contributed by atoms with E-state index in [-0.39, 0.29) is 24.0 Å². The number of guanidine groups is 1. The lowest BCUT2D eigenvalue weighted by atomic mass is 9.99. The molecule has 1 fully saturated rings. The van der Waals surface area contributed by atoms with E-state index in [1.165, 1.54) is 25.9 Å². The fourth-order valence-electron chi connectivity index (χ4n) is 2.96. The summed E-state index contributed by atoms with van der Waals surface area (Å²) in [7, 11) is 0. The van der Waals surface area contributed by atoms with Crippen molar-refractivity contribution in [3.63, 3.8) is 0 Å². The molecule has 8 heteroatoms. The highest BCUT2D eigenvalue weighted by Gasteiger charge is 2.14. The summed E-state index contributed by atoms with van der Waals surface area (Å²) in [5.74, 6) is 2.81. The Bertz CT molecular complexity index is 495. The Kier molecular flexibility index (Phi) is 11.0. The van der Waals surface area contributed by atoms with E-state index in [1.54, 1.807) is 6.33 Å². The number of aliphatic imine (C=N–C) groups is 1. The van der Waals surface area contributed by atoms with E-state index in [9.17, 15) is 0 Å². The molecule has 2 N–H and O–H groups in total. The van der Waals surface area contributed by atoms with Gasteiger partial charge in [-0.3, -0.25) is 4.99 Å². The van der Waals surface area contributed by atoms with Gasteiger partial charge in [0, 0.05) is 32.6 Å². The van der Waals surface area contributed by atoms with Crippen molar-refractivity contribution in [1.82, 2.24) is 30.3 Å². The maximum Gasteiger partial charge on any atom is 0.191 e. The van der Waals surface area contributed by atoms with Gasteiger partial charge in [-0.05, 0) is 38.8 Å². The summed E-state index contributed by atoms with van der Waals surface area (Å²) in [5.41, 5.74) is 0. The molecule has 0 saturated carbocycles. The molecule has 0 aliphatic carbocycles. The predicted octanol–water partition coefficient (Wildman–Crippen LogP) is 1.75. The fourth-order valence-corrected chi connectivity index (χ4v) is 2.96. The van der Waals surface area contributed by atoms with Gasteiger partial charge in [0.15, 0.2) is 5.96 Å². The fraction of sp³-hybridized carbons (Fsp3) is 0.824. The molecule has 25 heavy (non-hydrogen) atoms. The van der Waals surface area contributed by atoms with E-state index in [2.05, 4.69) is 51.1 Å². The molecule has 1 saturated heterocycles. The van der Waals surface area contributed by atoms with Crippen LogP contribution in [-0.2, 0) is 13.0 Å². The zero-order valence-corrected chi connectivity index (χ0v) is 18.2. The number of nitrogens with zero attached hydrogens (tertiary/aromatic N) is 5. The Hall–Kier alpha value is -0.900. The highest BCUT2D eigenvalue weighted by atomic mass is 127. The molecule has 0 atom stereocenters. The van der Waals surface area contributed by atoms with Gasteiger partial charge in [-0.2, -0.15) is 0 Å². The van der Waals surface area contributed by atoms with E-state index < -0.39 is 0 Å². The van der Waals surface area contributed by atoms with Crippen molar-refractivity contribution < 1.29 is 0 Å². The molecule has 0 aromatic carbocycles. The van der Waals surface area contributed by atoms with E-state index in [4.69, 9.17) is 4.99 Å². The minimum absolute atomic E-state index is 0. The van der Waals surface area contributed by atoms with Crippen molar-refractivity contribution in [2.45, 2.75) is 46.6 Å². The Morgan fingerprint density at radius 2 is 2.00 bits per heavy atom. The molecule has 0 amide bonds. The number of likely N-dealkylation sites (tertiary alicyclic amines) is 1. The molecule has 1 aliphatic rings. The van der Waals surface area contributed by atoms with Crippen LogP contribution < -0.4 is 10.6 Å². The van der Waals surface area contributed by atoms with Crippen molar-refractivity contribution in [3.05, 3.63) is 12.2 Å². The first-order valence-corrected chi connectivity index (χ1v) is 9.34. The van der Waals surface area contributed by atoms with Gasteiger partial charge in [0.05, 0.1) is 6.54 Å². The number of hydrogen-bond donors (Lipinski definition) is 2. The zero-order chi connectivity index (χ0) is 17.2. The molecular formula is C17H34IN7. The van der Waals surface area contributed by atoms with Gasteiger partial charge < -0.3 is 20.1 Å². The van der Waals surface area contributed by atoms with Crippen molar-refractivity contribution in [2.75, 3.05) is 39.3 Å². The second-order valence-corrected chi connectivity index (χ2v) is 6.51. The average Bonchev–Trinajstić information content (AvgIpc) is 3.04. The minimum Gasteiger partial charge on any atom is -0.357 e. The van der Waals surface area contributed by atoms with Crippen molar-refractivity contribution in [1.29, 1.82) is 0 Å². The van der Waals surface area contributed by atoms with E-state index in [0.29, 0.717) is 0 Å². The highest BCUT2D eigenvalue weighted by Crippen LogP contribution is 2.15. The molecule has 1 aromatic rings. The normalized spacial score (nSPS) is 16.5. The van der Waals surface area contributed by atoms with Crippen molar-refractivity contribution >= 4 is 29.9 Å². The Morgan fingerprint density at radius 1 is 1.24 bits per heavy atom. The van der Waals surface area contributed by atoms with Crippen LogP contribution in [0.15, 0.2) is 11.3 Å². The molecule has 0 spiro atoms. The topological polar surface area (TPSA) is 70.4 Å².